The van der Waals surface area contributed by atoms with Crippen LogP contribution in [0.2, 0.25) is 0 Å². The van der Waals surface area contributed by atoms with Crippen LogP contribution in [0.3, 0.4) is 0 Å². The first-order valence-corrected chi connectivity index (χ1v) is 7.34. The number of esters is 1. The number of cyclic esters (lactones) is 1. The van der Waals surface area contributed by atoms with Gasteiger partial charge < -0.3 is 4.74 Å². The van der Waals surface area contributed by atoms with Crippen molar-refractivity contribution in [1.29, 1.82) is 0 Å². The summed E-state index contributed by atoms with van der Waals surface area (Å²) in [5.41, 5.74) is -0.354. The van der Waals surface area contributed by atoms with E-state index in [2.05, 4.69) is 10.2 Å². The van der Waals surface area contributed by atoms with Crippen molar-refractivity contribution in [3.63, 3.8) is 0 Å². The lowest BCUT2D eigenvalue weighted by molar-refractivity contribution is -0.160. The Morgan fingerprint density at radius 2 is 2.00 bits per heavy atom. The summed E-state index contributed by atoms with van der Waals surface area (Å²) in [6.45, 7) is 6.55. The highest BCUT2D eigenvalue weighted by atomic mass is 32.2. The molecule has 1 fully saturated rings. The summed E-state index contributed by atoms with van der Waals surface area (Å²) in [5.74, 6) is -0.541. The third kappa shape index (κ3) is 2.04. The maximum Gasteiger partial charge on any atom is 0.327 e. The van der Waals surface area contributed by atoms with Gasteiger partial charge in [0, 0.05) is 6.54 Å². The van der Waals surface area contributed by atoms with Crippen LogP contribution in [0.5, 0.6) is 0 Å². The van der Waals surface area contributed by atoms with Crippen molar-refractivity contribution in [2.75, 3.05) is 13.2 Å². The molecule has 8 heteroatoms. The van der Waals surface area contributed by atoms with E-state index >= 15 is 0 Å². The van der Waals surface area contributed by atoms with E-state index in [1.54, 1.807) is 13.8 Å². The van der Waals surface area contributed by atoms with E-state index in [-0.39, 0.29) is 18.0 Å². The number of aryl methyl sites for hydroxylation is 2. The van der Waals surface area contributed by atoms with E-state index in [1.807, 2.05) is 0 Å². The van der Waals surface area contributed by atoms with Crippen molar-refractivity contribution >= 4 is 16.0 Å². The number of aromatic amines is 1. The number of hydrogen-bond acceptors (Lipinski definition) is 5. The average Bonchev–Trinajstić information content (AvgIpc) is 2.62. The summed E-state index contributed by atoms with van der Waals surface area (Å²) in [6, 6.07) is 0. The molecule has 1 aliphatic rings. The molecule has 1 aliphatic heterocycles. The minimum absolute atomic E-state index is 0.0669. The fraction of sp³-hybridized carbons (Fsp3) is 0.636. The van der Waals surface area contributed by atoms with Gasteiger partial charge in [-0.25, -0.2) is 8.42 Å². The molecule has 1 N–H and O–H groups in total. The fourth-order valence-electron chi connectivity index (χ4n) is 2.23. The molecular weight excluding hydrogens is 270 g/mol. The highest BCUT2D eigenvalue weighted by molar-refractivity contribution is 7.89. The van der Waals surface area contributed by atoms with Crippen LogP contribution in [0.15, 0.2) is 4.90 Å². The van der Waals surface area contributed by atoms with E-state index in [9.17, 15) is 13.2 Å². The molecule has 0 aromatic carbocycles. The normalized spacial score (nSPS) is 20.3. The number of nitrogens with one attached hydrogen (secondary N) is 1. The lowest BCUT2D eigenvalue weighted by Gasteiger charge is -2.38. The molecule has 0 radical (unpaired) electrons. The Bertz CT molecular complexity index is 598. The number of carbonyl (C=O) groups excluding carboxylic acids is 1. The standard InChI is InChI=1S/C11H17N3O4S/c1-7-9(8(2)13-12-7)19(16,17)14-5-6-18-10(15)11(14,3)4/h5-6H2,1-4H3,(H,12,13). The Morgan fingerprint density at radius 3 is 2.53 bits per heavy atom. The van der Waals surface area contributed by atoms with Crippen LogP contribution in [0, 0.1) is 13.8 Å². The second-order valence-corrected chi connectivity index (χ2v) is 6.83. The molecule has 0 unspecified atom stereocenters. The van der Waals surface area contributed by atoms with Crippen LogP contribution in [-0.2, 0) is 19.6 Å². The molecule has 7 nitrogen and oxygen atoms in total. The largest absolute Gasteiger partial charge is 0.463 e. The van der Waals surface area contributed by atoms with Gasteiger partial charge in [0.2, 0.25) is 10.0 Å². The molecular formula is C11H17N3O4S. The van der Waals surface area contributed by atoms with Gasteiger partial charge in [-0.15, -0.1) is 0 Å². The van der Waals surface area contributed by atoms with Gasteiger partial charge in [-0.2, -0.15) is 9.40 Å². The number of H-pyrrole nitrogens is 1. The van der Waals surface area contributed by atoms with Crippen LogP contribution in [0.25, 0.3) is 0 Å². The van der Waals surface area contributed by atoms with Crippen LogP contribution < -0.4 is 0 Å². The molecule has 0 amide bonds. The average molecular weight is 287 g/mol. The minimum Gasteiger partial charge on any atom is -0.463 e. The summed E-state index contributed by atoms with van der Waals surface area (Å²) in [4.78, 5) is 11.9. The minimum atomic E-state index is -3.78. The number of morpholine rings is 1. The molecule has 1 aromatic rings. The molecule has 0 saturated carbocycles. The van der Waals surface area contributed by atoms with Crippen LogP contribution >= 0.6 is 0 Å². The monoisotopic (exact) mass is 287 g/mol. The Morgan fingerprint density at radius 1 is 1.37 bits per heavy atom. The molecule has 2 rings (SSSR count). The predicted octanol–water partition coefficient (Wildman–Crippen LogP) is 0.353. The zero-order chi connectivity index (χ0) is 14.4. The van der Waals surface area contributed by atoms with E-state index in [1.165, 1.54) is 18.2 Å². The Balaban J connectivity index is 2.54. The van der Waals surface area contributed by atoms with Gasteiger partial charge in [0.05, 0.1) is 11.4 Å². The Kier molecular flexibility index (Phi) is 3.18. The van der Waals surface area contributed by atoms with Crippen molar-refractivity contribution in [3.05, 3.63) is 11.4 Å². The zero-order valence-electron chi connectivity index (χ0n) is 11.3. The maximum absolute atomic E-state index is 12.7. The number of carbonyl (C=O) groups is 1. The molecule has 106 valence electrons. The third-order valence-corrected chi connectivity index (χ3v) is 5.60. The molecule has 2 heterocycles. The highest BCUT2D eigenvalue weighted by Gasteiger charge is 2.47. The summed E-state index contributed by atoms with van der Waals surface area (Å²) < 4.78 is 31.5. The molecule has 0 aliphatic carbocycles. The van der Waals surface area contributed by atoms with Gasteiger partial charge in [-0.1, -0.05) is 0 Å². The van der Waals surface area contributed by atoms with Crippen molar-refractivity contribution in [1.82, 2.24) is 14.5 Å². The van der Waals surface area contributed by atoms with E-state index in [4.69, 9.17) is 4.74 Å². The van der Waals surface area contributed by atoms with Gasteiger partial charge in [0.1, 0.15) is 17.0 Å². The molecule has 1 aromatic heterocycles. The van der Waals surface area contributed by atoms with Crippen molar-refractivity contribution in [2.24, 2.45) is 0 Å². The van der Waals surface area contributed by atoms with Gasteiger partial charge in [0.25, 0.3) is 0 Å². The number of nitrogens with zero attached hydrogens (tertiary/aromatic N) is 2. The van der Waals surface area contributed by atoms with Gasteiger partial charge >= 0.3 is 5.97 Å². The van der Waals surface area contributed by atoms with Gasteiger partial charge in [-0.3, -0.25) is 9.89 Å². The second kappa shape index (κ2) is 4.31. The zero-order valence-corrected chi connectivity index (χ0v) is 12.2. The van der Waals surface area contributed by atoms with Crippen molar-refractivity contribution in [2.45, 2.75) is 38.1 Å². The lowest BCUT2D eigenvalue weighted by atomic mass is 10.1. The van der Waals surface area contributed by atoms with Crippen LogP contribution in [-0.4, -0.2) is 47.6 Å². The summed E-state index contributed by atoms with van der Waals surface area (Å²) in [7, 11) is -3.78. The van der Waals surface area contributed by atoms with E-state index in [0.717, 1.165) is 0 Å². The Hall–Kier alpha value is -1.41. The Labute approximate surface area is 112 Å². The number of rotatable bonds is 2. The number of ether oxygens (including phenoxy) is 1. The molecule has 19 heavy (non-hydrogen) atoms. The first-order valence-electron chi connectivity index (χ1n) is 5.90. The molecule has 0 bridgehead atoms. The van der Waals surface area contributed by atoms with Gasteiger partial charge in [0.15, 0.2) is 0 Å². The number of sulfonamides is 1. The quantitative estimate of drug-likeness (QED) is 0.792. The van der Waals surface area contributed by atoms with Gasteiger partial charge in [-0.05, 0) is 27.7 Å². The third-order valence-electron chi connectivity index (χ3n) is 3.26. The summed E-state index contributed by atoms with van der Waals surface area (Å²) in [6.07, 6.45) is 0. The SMILES string of the molecule is Cc1n[nH]c(C)c1S(=O)(=O)N1CCOC(=O)C1(C)C. The molecule has 0 atom stereocenters. The van der Waals surface area contributed by atoms with Crippen LogP contribution in [0.4, 0.5) is 0 Å². The summed E-state index contributed by atoms with van der Waals surface area (Å²) >= 11 is 0. The van der Waals surface area contributed by atoms with E-state index < -0.39 is 21.5 Å². The highest BCUT2D eigenvalue weighted by Crippen LogP contribution is 2.30. The topological polar surface area (TPSA) is 92.4 Å². The fourth-order valence-corrected chi connectivity index (χ4v) is 4.29. The number of aromatic nitrogens is 2. The predicted molar refractivity (Wildman–Crippen MR) is 67.0 cm³/mol. The van der Waals surface area contributed by atoms with Crippen LogP contribution in [0.1, 0.15) is 25.2 Å². The van der Waals surface area contributed by atoms with Crippen molar-refractivity contribution < 1.29 is 17.9 Å². The summed E-state index contributed by atoms with van der Waals surface area (Å²) in [5, 5.41) is 6.55. The first kappa shape index (κ1) is 14.0. The lowest BCUT2D eigenvalue weighted by Crippen LogP contribution is -2.58. The van der Waals surface area contributed by atoms with Crippen molar-refractivity contribution in [3.8, 4) is 0 Å². The smallest absolute Gasteiger partial charge is 0.327 e. The second-order valence-electron chi connectivity index (χ2n) is 5.04. The molecule has 0 spiro atoms. The maximum atomic E-state index is 12.7. The molecule has 1 saturated heterocycles. The van der Waals surface area contributed by atoms with E-state index in [0.29, 0.717) is 11.4 Å². The number of hydrogen-bond donors (Lipinski definition) is 1. The first-order chi connectivity index (χ1) is 8.69.